The van der Waals surface area contributed by atoms with Gasteiger partial charge in [-0.15, -0.1) is 11.3 Å². The Hall–Kier alpha value is -3.36. The lowest BCUT2D eigenvalue weighted by Crippen LogP contribution is -2.47. The van der Waals surface area contributed by atoms with Gasteiger partial charge in [0.05, 0.1) is 20.3 Å². The maximum atomic E-state index is 13.8. The van der Waals surface area contributed by atoms with E-state index in [-0.39, 0.29) is 24.4 Å². The molecule has 4 rings (SSSR count). The van der Waals surface area contributed by atoms with E-state index in [0.29, 0.717) is 49.8 Å². The fraction of sp³-hybridized carbons (Fsp3) is 0.379. The largest absolute Gasteiger partial charge is 0.497 e. The van der Waals surface area contributed by atoms with Crippen molar-refractivity contribution in [2.75, 3.05) is 47.1 Å². The fourth-order valence-electron chi connectivity index (χ4n) is 4.70. The Morgan fingerprint density at radius 1 is 1.05 bits per heavy atom. The quantitative estimate of drug-likeness (QED) is 0.338. The number of rotatable bonds is 11. The minimum atomic E-state index is -0.244. The molecule has 2 aromatic carbocycles. The van der Waals surface area contributed by atoms with E-state index >= 15 is 0 Å². The lowest BCUT2D eigenvalue weighted by molar-refractivity contribution is -0.134. The van der Waals surface area contributed by atoms with Crippen LogP contribution in [0, 0.1) is 0 Å². The van der Waals surface area contributed by atoms with Crippen LogP contribution in [0.3, 0.4) is 0 Å². The predicted octanol–water partition coefficient (Wildman–Crippen LogP) is 4.81. The van der Waals surface area contributed by atoms with Gasteiger partial charge < -0.3 is 24.0 Å². The molecule has 0 aliphatic carbocycles. The van der Waals surface area contributed by atoms with Crippen molar-refractivity contribution in [1.82, 2.24) is 9.80 Å². The third-order valence-electron chi connectivity index (χ3n) is 6.53. The Balaban J connectivity index is 1.60. The fourth-order valence-corrected chi connectivity index (χ4v) is 5.61. The van der Waals surface area contributed by atoms with Crippen LogP contribution in [0.4, 0.5) is 0 Å². The van der Waals surface area contributed by atoms with Crippen molar-refractivity contribution >= 4 is 23.2 Å². The molecule has 2 amide bonds. The molecule has 0 bridgehead atoms. The average Bonchev–Trinajstić information content (AvgIpc) is 3.42. The molecule has 2 heterocycles. The number of thiophene rings is 1. The summed E-state index contributed by atoms with van der Waals surface area (Å²) in [4.78, 5) is 32.4. The van der Waals surface area contributed by atoms with Gasteiger partial charge in [-0.25, -0.2) is 0 Å². The van der Waals surface area contributed by atoms with E-state index < -0.39 is 0 Å². The first-order valence-corrected chi connectivity index (χ1v) is 13.4. The van der Waals surface area contributed by atoms with Crippen molar-refractivity contribution in [2.24, 2.45) is 0 Å². The summed E-state index contributed by atoms with van der Waals surface area (Å²) in [5.41, 5.74) is 2.66. The second-order valence-corrected chi connectivity index (χ2v) is 9.83. The third kappa shape index (κ3) is 6.32. The van der Waals surface area contributed by atoms with Crippen LogP contribution in [0.2, 0.25) is 0 Å². The molecule has 1 aliphatic heterocycles. The Bertz CT molecular complexity index is 1170. The van der Waals surface area contributed by atoms with E-state index in [9.17, 15) is 9.59 Å². The third-order valence-corrected chi connectivity index (χ3v) is 7.53. The van der Waals surface area contributed by atoms with Crippen LogP contribution in [-0.2, 0) is 16.0 Å². The molecule has 0 saturated carbocycles. The van der Waals surface area contributed by atoms with Gasteiger partial charge >= 0.3 is 0 Å². The summed E-state index contributed by atoms with van der Waals surface area (Å²) in [6.45, 7) is 4.05. The highest BCUT2D eigenvalue weighted by Crippen LogP contribution is 2.37. The van der Waals surface area contributed by atoms with Gasteiger partial charge in [0, 0.05) is 42.8 Å². The molecule has 8 heteroatoms. The molecule has 1 aromatic heterocycles. The molecular formula is C29H34N2O5S. The predicted molar refractivity (Wildman–Crippen MR) is 145 cm³/mol. The Labute approximate surface area is 222 Å². The number of carbonyl (C=O) groups excluding carboxylic acids is 2. The van der Waals surface area contributed by atoms with Crippen LogP contribution in [0.25, 0.3) is 0 Å². The van der Waals surface area contributed by atoms with Crippen molar-refractivity contribution in [2.45, 2.75) is 25.8 Å². The van der Waals surface area contributed by atoms with Gasteiger partial charge in [-0.3, -0.25) is 9.59 Å². The van der Waals surface area contributed by atoms with Crippen LogP contribution >= 0.6 is 11.3 Å². The number of fused-ring (bicyclic) bond motifs is 1. The first-order valence-electron chi connectivity index (χ1n) is 12.6. The molecule has 3 aromatic rings. The number of ether oxygens (including phenoxy) is 3. The maximum absolute atomic E-state index is 13.8. The van der Waals surface area contributed by atoms with Crippen molar-refractivity contribution in [1.29, 1.82) is 0 Å². The molecule has 1 atom stereocenters. The van der Waals surface area contributed by atoms with Crippen molar-refractivity contribution in [3.63, 3.8) is 0 Å². The van der Waals surface area contributed by atoms with E-state index in [1.165, 1.54) is 10.4 Å². The summed E-state index contributed by atoms with van der Waals surface area (Å²) < 4.78 is 16.2. The summed E-state index contributed by atoms with van der Waals surface area (Å²) in [6, 6.07) is 17.1. The normalized spacial score (nSPS) is 14.7. The van der Waals surface area contributed by atoms with Gasteiger partial charge in [-0.05, 0) is 54.5 Å². The standard InChI is InChI=1S/C29H34N2O5S/c1-4-36-15-8-13-30(29(33)22-17-23(34-2)19-24(18-22)35-3)20-27(32)31-14-11-26-25(12-16-37-26)28(31)21-9-6-5-7-10-21/h5-7,9-10,12,16-19,28H,4,8,11,13-15,20H2,1-3H3. The molecular weight excluding hydrogens is 488 g/mol. The summed E-state index contributed by atoms with van der Waals surface area (Å²) in [7, 11) is 3.09. The molecule has 37 heavy (non-hydrogen) atoms. The SMILES string of the molecule is CCOCCCN(CC(=O)N1CCc2sccc2C1c1ccccc1)C(=O)c1cc(OC)cc(OC)c1. The average molecular weight is 523 g/mol. The summed E-state index contributed by atoms with van der Waals surface area (Å²) >= 11 is 1.74. The maximum Gasteiger partial charge on any atom is 0.254 e. The number of hydrogen-bond acceptors (Lipinski definition) is 6. The number of benzene rings is 2. The van der Waals surface area contributed by atoms with Crippen molar-refractivity contribution in [3.8, 4) is 11.5 Å². The van der Waals surface area contributed by atoms with Crippen LogP contribution in [0.15, 0.2) is 60.0 Å². The molecule has 7 nitrogen and oxygen atoms in total. The van der Waals surface area contributed by atoms with Crippen molar-refractivity contribution in [3.05, 3.63) is 81.5 Å². The topological polar surface area (TPSA) is 68.3 Å². The molecule has 196 valence electrons. The zero-order valence-electron chi connectivity index (χ0n) is 21.6. The smallest absolute Gasteiger partial charge is 0.254 e. The highest BCUT2D eigenvalue weighted by molar-refractivity contribution is 7.10. The minimum Gasteiger partial charge on any atom is -0.497 e. The van der Waals surface area contributed by atoms with Crippen LogP contribution in [-0.4, -0.2) is 68.7 Å². The van der Waals surface area contributed by atoms with Gasteiger partial charge in [0.25, 0.3) is 5.91 Å². The van der Waals surface area contributed by atoms with Gasteiger partial charge in [-0.1, -0.05) is 30.3 Å². The molecule has 0 N–H and O–H groups in total. The highest BCUT2D eigenvalue weighted by atomic mass is 32.1. The monoisotopic (exact) mass is 522 g/mol. The molecule has 0 fully saturated rings. The number of amides is 2. The lowest BCUT2D eigenvalue weighted by Gasteiger charge is -2.37. The minimum absolute atomic E-state index is 0.0205. The van der Waals surface area contributed by atoms with Crippen LogP contribution < -0.4 is 9.47 Å². The first-order chi connectivity index (χ1) is 18.0. The lowest BCUT2D eigenvalue weighted by atomic mass is 9.93. The van der Waals surface area contributed by atoms with E-state index in [1.807, 2.05) is 30.0 Å². The summed E-state index contributed by atoms with van der Waals surface area (Å²) in [5, 5.41) is 2.09. The van der Waals surface area contributed by atoms with Crippen LogP contribution in [0.5, 0.6) is 11.5 Å². The molecule has 0 radical (unpaired) electrons. The van der Waals surface area contributed by atoms with E-state index in [4.69, 9.17) is 14.2 Å². The molecule has 1 unspecified atom stereocenters. The first kappa shape index (κ1) is 26.7. The van der Waals surface area contributed by atoms with Crippen molar-refractivity contribution < 1.29 is 23.8 Å². The number of carbonyl (C=O) groups is 2. The second kappa shape index (κ2) is 12.7. The number of methoxy groups -OCH3 is 2. The molecule has 0 saturated heterocycles. The van der Waals surface area contributed by atoms with Gasteiger partial charge in [0.2, 0.25) is 5.91 Å². The van der Waals surface area contributed by atoms with E-state index in [1.54, 1.807) is 48.7 Å². The number of hydrogen-bond donors (Lipinski definition) is 0. The molecule has 0 spiro atoms. The van der Waals surface area contributed by atoms with Gasteiger partial charge in [0.15, 0.2) is 0 Å². The Morgan fingerprint density at radius 2 is 1.78 bits per heavy atom. The summed E-state index contributed by atoms with van der Waals surface area (Å²) in [5.74, 6) is 0.721. The van der Waals surface area contributed by atoms with E-state index in [2.05, 4.69) is 23.6 Å². The zero-order chi connectivity index (χ0) is 26.2. The van der Waals surface area contributed by atoms with E-state index in [0.717, 1.165) is 12.0 Å². The number of nitrogens with zero attached hydrogens (tertiary/aromatic N) is 2. The van der Waals surface area contributed by atoms with Crippen LogP contribution in [0.1, 0.15) is 45.7 Å². The molecule has 1 aliphatic rings. The summed E-state index contributed by atoms with van der Waals surface area (Å²) in [6.07, 6.45) is 1.44. The Kier molecular flexibility index (Phi) is 9.19. The highest BCUT2D eigenvalue weighted by Gasteiger charge is 2.34. The zero-order valence-corrected chi connectivity index (χ0v) is 22.5. The Morgan fingerprint density at radius 3 is 2.46 bits per heavy atom. The van der Waals surface area contributed by atoms with Gasteiger partial charge in [-0.2, -0.15) is 0 Å². The van der Waals surface area contributed by atoms with Gasteiger partial charge in [0.1, 0.15) is 18.0 Å². The second-order valence-electron chi connectivity index (χ2n) is 8.83.